The molecular formula is C26H28N4O3S. The lowest BCUT2D eigenvalue weighted by Gasteiger charge is -2.19. The Kier molecular flexibility index (Phi) is 6.98. The smallest absolute Gasteiger partial charge is 0.256 e. The molecular weight excluding hydrogens is 448 g/mol. The Labute approximate surface area is 203 Å². The van der Waals surface area contributed by atoms with Crippen LogP contribution in [0.5, 0.6) is 11.5 Å². The molecule has 7 nitrogen and oxygen atoms in total. The van der Waals surface area contributed by atoms with Gasteiger partial charge < -0.3 is 14.8 Å². The molecule has 4 aromatic rings. The van der Waals surface area contributed by atoms with Gasteiger partial charge in [-0.25, -0.2) is 9.67 Å². The topological polar surface area (TPSA) is 78.3 Å². The zero-order chi connectivity index (χ0) is 24.1. The summed E-state index contributed by atoms with van der Waals surface area (Å²) in [5.41, 5.74) is 5.55. The maximum atomic E-state index is 12.9. The predicted octanol–water partition coefficient (Wildman–Crippen LogP) is 5.53. The van der Waals surface area contributed by atoms with Gasteiger partial charge in [0, 0.05) is 17.0 Å². The highest BCUT2D eigenvalue weighted by molar-refractivity contribution is 7.07. The Morgan fingerprint density at radius 3 is 2.56 bits per heavy atom. The first-order valence-electron chi connectivity index (χ1n) is 10.9. The van der Waals surface area contributed by atoms with Crippen LogP contribution in [0.25, 0.3) is 0 Å². The molecule has 0 unspecified atom stereocenters. The summed E-state index contributed by atoms with van der Waals surface area (Å²) in [6, 6.07) is 15.4. The van der Waals surface area contributed by atoms with E-state index >= 15 is 0 Å². The SMILES string of the molecule is COc1cc(C(=O)Nc2ccnn2Cc2ccc(C(C)(C)C)cc2)ccc1OCc1cscn1. The van der Waals surface area contributed by atoms with Gasteiger partial charge in [0.2, 0.25) is 0 Å². The van der Waals surface area contributed by atoms with Crippen LogP contribution in [-0.4, -0.2) is 27.8 Å². The van der Waals surface area contributed by atoms with Crippen molar-refractivity contribution in [3.63, 3.8) is 0 Å². The number of nitrogens with one attached hydrogen (secondary N) is 1. The van der Waals surface area contributed by atoms with Crippen molar-refractivity contribution in [3.8, 4) is 11.5 Å². The van der Waals surface area contributed by atoms with Gasteiger partial charge in [-0.2, -0.15) is 5.10 Å². The first-order chi connectivity index (χ1) is 16.3. The maximum Gasteiger partial charge on any atom is 0.256 e. The Morgan fingerprint density at radius 2 is 1.88 bits per heavy atom. The Balaban J connectivity index is 1.43. The molecule has 0 saturated carbocycles. The summed E-state index contributed by atoms with van der Waals surface area (Å²) < 4.78 is 13.0. The molecule has 8 heteroatoms. The number of carbonyl (C=O) groups is 1. The van der Waals surface area contributed by atoms with Crippen LogP contribution in [0.4, 0.5) is 5.82 Å². The number of ether oxygens (including phenoxy) is 2. The molecule has 0 saturated heterocycles. The van der Waals surface area contributed by atoms with Crippen molar-refractivity contribution in [2.24, 2.45) is 0 Å². The summed E-state index contributed by atoms with van der Waals surface area (Å²) in [6.07, 6.45) is 1.68. The van der Waals surface area contributed by atoms with Gasteiger partial charge in [-0.3, -0.25) is 4.79 Å². The van der Waals surface area contributed by atoms with E-state index in [9.17, 15) is 4.79 Å². The van der Waals surface area contributed by atoms with Crippen molar-refractivity contribution in [1.29, 1.82) is 0 Å². The first kappa shape index (κ1) is 23.5. The number of thiazole rings is 1. The molecule has 4 rings (SSSR count). The summed E-state index contributed by atoms with van der Waals surface area (Å²) >= 11 is 1.51. The summed E-state index contributed by atoms with van der Waals surface area (Å²) in [4.78, 5) is 17.1. The van der Waals surface area contributed by atoms with E-state index in [-0.39, 0.29) is 11.3 Å². The quantitative estimate of drug-likeness (QED) is 0.362. The van der Waals surface area contributed by atoms with Crippen molar-refractivity contribution in [3.05, 3.63) is 88.0 Å². The van der Waals surface area contributed by atoms with E-state index in [1.807, 2.05) is 5.38 Å². The van der Waals surface area contributed by atoms with Crippen LogP contribution in [0.15, 0.2) is 65.6 Å². The number of hydrogen-bond acceptors (Lipinski definition) is 6. The standard InChI is InChI=1S/C26H28N4O3S/c1-26(2,3)20-8-5-18(6-9-20)14-30-24(11-12-28-30)29-25(31)19-7-10-22(23(13-19)32-4)33-15-21-16-34-17-27-21/h5-13,16-17H,14-15H2,1-4H3,(H,29,31). The second kappa shape index (κ2) is 10.1. The molecule has 2 aromatic heterocycles. The van der Waals surface area contributed by atoms with Crippen molar-refractivity contribution < 1.29 is 14.3 Å². The van der Waals surface area contributed by atoms with Crippen LogP contribution in [0, 0.1) is 0 Å². The van der Waals surface area contributed by atoms with E-state index in [0.717, 1.165) is 11.3 Å². The number of hydrogen-bond donors (Lipinski definition) is 1. The van der Waals surface area contributed by atoms with E-state index in [0.29, 0.717) is 36.0 Å². The molecule has 0 atom stereocenters. The molecule has 0 spiro atoms. The van der Waals surface area contributed by atoms with Gasteiger partial charge >= 0.3 is 0 Å². The zero-order valence-corrected chi connectivity index (χ0v) is 20.6. The van der Waals surface area contributed by atoms with Crippen molar-refractivity contribution in [2.45, 2.75) is 39.3 Å². The fourth-order valence-corrected chi connectivity index (χ4v) is 3.97. The zero-order valence-electron chi connectivity index (χ0n) is 19.7. The lowest BCUT2D eigenvalue weighted by atomic mass is 9.87. The molecule has 0 radical (unpaired) electrons. The van der Waals surface area contributed by atoms with Gasteiger partial charge in [0.1, 0.15) is 12.4 Å². The van der Waals surface area contributed by atoms with Gasteiger partial charge in [-0.15, -0.1) is 11.3 Å². The number of methoxy groups -OCH3 is 1. The van der Waals surface area contributed by atoms with Gasteiger partial charge in [-0.1, -0.05) is 45.0 Å². The van der Waals surface area contributed by atoms with Crippen molar-refractivity contribution >= 4 is 23.1 Å². The van der Waals surface area contributed by atoms with E-state index in [1.54, 1.807) is 47.8 Å². The predicted molar refractivity (Wildman–Crippen MR) is 134 cm³/mol. The molecule has 2 heterocycles. The molecule has 1 N–H and O–H groups in total. The molecule has 0 fully saturated rings. The van der Waals surface area contributed by atoms with Gasteiger partial charge in [0.15, 0.2) is 11.5 Å². The minimum atomic E-state index is -0.255. The minimum absolute atomic E-state index is 0.103. The molecule has 1 amide bonds. The summed E-state index contributed by atoms with van der Waals surface area (Å²) in [5.74, 6) is 1.40. The summed E-state index contributed by atoms with van der Waals surface area (Å²) in [6.45, 7) is 7.47. The monoisotopic (exact) mass is 476 g/mol. The molecule has 0 aliphatic carbocycles. The number of benzene rings is 2. The van der Waals surface area contributed by atoms with Crippen LogP contribution < -0.4 is 14.8 Å². The third-order valence-corrected chi connectivity index (χ3v) is 6.03. The molecule has 34 heavy (non-hydrogen) atoms. The van der Waals surface area contributed by atoms with Crippen LogP contribution in [0.1, 0.15) is 48.0 Å². The lowest BCUT2D eigenvalue weighted by Crippen LogP contribution is -2.16. The number of nitrogens with zero attached hydrogens (tertiary/aromatic N) is 3. The Hall–Kier alpha value is -3.65. The normalized spacial score (nSPS) is 11.3. The summed E-state index contributed by atoms with van der Waals surface area (Å²) in [5, 5.41) is 9.25. The number of carbonyl (C=O) groups excluding carboxylic acids is 1. The van der Waals surface area contributed by atoms with Gasteiger partial charge in [0.25, 0.3) is 5.91 Å². The summed E-state index contributed by atoms with van der Waals surface area (Å²) in [7, 11) is 1.55. The third-order valence-electron chi connectivity index (χ3n) is 5.40. The minimum Gasteiger partial charge on any atom is -0.493 e. The van der Waals surface area contributed by atoms with Gasteiger partial charge in [-0.05, 0) is 34.7 Å². The van der Waals surface area contributed by atoms with Crippen LogP contribution >= 0.6 is 11.3 Å². The number of amides is 1. The Bertz CT molecular complexity index is 1240. The molecule has 0 bridgehead atoms. The maximum absolute atomic E-state index is 12.9. The molecule has 0 aliphatic rings. The highest BCUT2D eigenvalue weighted by Gasteiger charge is 2.15. The van der Waals surface area contributed by atoms with E-state index in [4.69, 9.17) is 9.47 Å². The second-order valence-electron chi connectivity index (χ2n) is 8.91. The number of aromatic nitrogens is 3. The van der Waals surface area contributed by atoms with Gasteiger partial charge in [0.05, 0.1) is 31.1 Å². The molecule has 0 aliphatic heterocycles. The number of anilines is 1. The fraction of sp³-hybridized carbons (Fsp3) is 0.269. The third kappa shape index (κ3) is 5.63. The van der Waals surface area contributed by atoms with Crippen LogP contribution in [0.2, 0.25) is 0 Å². The average molecular weight is 477 g/mol. The van der Waals surface area contributed by atoms with Crippen molar-refractivity contribution in [2.75, 3.05) is 12.4 Å². The molecule has 176 valence electrons. The second-order valence-corrected chi connectivity index (χ2v) is 9.63. The van der Waals surface area contributed by atoms with E-state index < -0.39 is 0 Å². The first-order valence-corrected chi connectivity index (χ1v) is 11.9. The highest BCUT2D eigenvalue weighted by atomic mass is 32.1. The van der Waals surface area contributed by atoms with E-state index in [2.05, 4.69) is 60.4 Å². The lowest BCUT2D eigenvalue weighted by molar-refractivity contribution is 0.102. The van der Waals surface area contributed by atoms with E-state index in [1.165, 1.54) is 16.9 Å². The number of rotatable bonds is 8. The van der Waals surface area contributed by atoms with Crippen LogP contribution in [0.3, 0.4) is 0 Å². The largest absolute Gasteiger partial charge is 0.493 e. The van der Waals surface area contributed by atoms with Crippen molar-refractivity contribution in [1.82, 2.24) is 14.8 Å². The van der Waals surface area contributed by atoms with Crippen LogP contribution in [-0.2, 0) is 18.6 Å². The highest BCUT2D eigenvalue weighted by Crippen LogP contribution is 2.29. The average Bonchev–Trinajstić information content (AvgIpc) is 3.49. The Morgan fingerprint density at radius 1 is 1.09 bits per heavy atom. The molecule has 2 aromatic carbocycles. The fourth-order valence-electron chi connectivity index (χ4n) is 3.42.